The summed E-state index contributed by atoms with van der Waals surface area (Å²) in [5.41, 5.74) is -0.458. The Morgan fingerprint density at radius 3 is 2.73 bits per heavy atom. The molecule has 1 aromatic rings. The quantitative estimate of drug-likeness (QED) is 0.879. The molecular weight excluding hydrogens is 224 g/mol. The Kier molecular flexibility index (Phi) is 3.43. The topological polar surface area (TPSA) is 20.2 Å². The molecule has 1 aromatic heterocycles. The molecule has 15 heavy (non-hydrogen) atoms. The van der Waals surface area contributed by atoms with E-state index >= 15 is 0 Å². The standard InChI is InChI=1S/C12H18OS2/c1-3-10-4-5-11(15-10)8-12(13)6-7-14-9(12)2/h4-5,9,13H,3,6-8H2,1-2H3. The number of hydrogen-bond donors (Lipinski definition) is 1. The van der Waals surface area contributed by atoms with Crippen LogP contribution in [0.4, 0.5) is 0 Å². The number of thioether (sulfide) groups is 1. The maximum atomic E-state index is 10.5. The van der Waals surface area contributed by atoms with E-state index < -0.39 is 5.60 Å². The molecule has 0 aliphatic carbocycles. The zero-order chi connectivity index (χ0) is 10.9. The van der Waals surface area contributed by atoms with Gasteiger partial charge in [0.15, 0.2) is 0 Å². The lowest BCUT2D eigenvalue weighted by atomic mass is 9.93. The van der Waals surface area contributed by atoms with Crippen LogP contribution in [0.1, 0.15) is 30.0 Å². The van der Waals surface area contributed by atoms with E-state index in [1.165, 1.54) is 9.75 Å². The first-order valence-electron chi connectivity index (χ1n) is 5.55. The third kappa shape index (κ3) is 2.40. The highest BCUT2D eigenvalue weighted by molar-refractivity contribution is 8.00. The summed E-state index contributed by atoms with van der Waals surface area (Å²) in [5, 5.41) is 10.9. The van der Waals surface area contributed by atoms with Crippen molar-refractivity contribution in [2.24, 2.45) is 0 Å². The number of rotatable bonds is 3. The Morgan fingerprint density at radius 2 is 2.20 bits per heavy atom. The molecule has 3 heteroatoms. The fourth-order valence-corrected chi connectivity index (χ4v) is 4.42. The Hall–Kier alpha value is 0.01000. The van der Waals surface area contributed by atoms with Crippen LogP contribution in [-0.2, 0) is 12.8 Å². The molecule has 0 amide bonds. The van der Waals surface area contributed by atoms with Gasteiger partial charge in [0.25, 0.3) is 0 Å². The maximum Gasteiger partial charge on any atom is 0.0818 e. The predicted octanol–water partition coefficient (Wildman–Crippen LogP) is 3.11. The molecule has 1 aliphatic heterocycles. The van der Waals surface area contributed by atoms with Gasteiger partial charge in [-0.3, -0.25) is 0 Å². The molecule has 0 radical (unpaired) electrons. The fourth-order valence-electron chi connectivity index (χ4n) is 2.01. The Morgan fingerprint density at radius 1 is 1.47 bits per heavy atom. The molecule has 1 nitrogen and oxygen atoms in total. The monoisotopic (exact) mass is 242 g/mol. The summed E-state index contributed by atoms with van der Waals surface area (Å²) in [5.74, 6) is 1.10. The molecule has 2 heterocycles. The van der Waals surface area contributed by atoms with E-state index in [-0.39, 0.29) is 0 Å². The number of aliphatic hydroxyl groups is 1. The molecule has 0 aromatic carbocycles. The van der Waals surface area contributed by atoms with Crippen LogP contribution in [-0.4, -0.2) is 21.7 Å². The van der Waals surface area contributed by atoms with Crippen molar-refractivity contribution in [3.05, 3.63) is 21.9 Å². The largest absolute Gasteiger partial charge is 0.388 e. The maximum absolute atomic E-state index is 10.5. The van der Waals surface area contributed by atoms with Gasteiger partial charge in [-0.05, 0) is 30.7 Å². The van der Waals surface area contributed by atoms with Crippen LogP contribution in [0.25, 0.3) is 0 Å². The Labute approximate surface area is 99.9 Å². The summed E-state index contributed by atoms with van der Waals surface area (Å²) in [6, 6.07) is 4.37. The van der Waals surface area contributed by atoms with Crippen LogP contribution in [0, 0.1) is 0 Å². The van der Waals surface area contributed by atoms with Crippen molar-refractivity contribution in [3.63, 3.8) is 0 Å². The van der Waals surface area contributed by atoms with E-state index in [1.54, 1.807) is 0 Å². The van der Waals surface area contributed by atoms with Crippen LogP contribution < -0.4 is 0 Å². The van der Waals surface area contributed by atoms with Gasteiger partial charge in [-0.15, -0.1) is 11.3 Å². The first kappa shape index (κ1) is 11.5. The summed E-state index contributed by atoms with van der Waals surface area (Å²) in [7, 11) is 0. The Bertz CT molecular complexity index is 334. The first-order valence-corrected chi connectivity index (χ1v) is 7.42. The smallest absolute Gasteiger partial charge is 0.0818 e. The lowest BCUT2D eigenvalue weighted by Gasteiger charge is -2.26. The van der Waals surface area contributed by atoms with Crippen LogP contribution in [0.5, 0.6) is 0 Å². The predicted molar refractivity (Wildman–Crippen MR) is 68.9 cm³/mol. The lowest BCUT2D eigenvalue weighted by Crippen LogP contribution is -2.36. The van der Waals surface area contributed by atoms with Crippen molar-refractivity contribution in [2.45, 2.75) is 44.0 Å². The first-order chi connectivity index (χ1) is 7.14. The van der Waals surface area contributed by atoms with Crippen LogP contribution in [0.15, 0.2) is 12.1 Å². The van der Waals surface area contributed by atoms with E-state index in [9.17, 15) is 5.11 Å². The summed E-state index contributed by atoms with van der Waals surface area (Å²) in [4.78, 5) is 2.76. The van der Waals surface area contributed by atoms with E-state index in [1.807, 2.05) is 23.1 Å². The van der Waals surface area contributed by atoms with Gasteiger partial charge in [0, 0.05) is 21.4 Å². The van der Waals surface area contributed by atoms with Crippen molar-refractivity contribution in [1.29, 1.82) is 0 Å². The second kappa shape index (κ2) is 4.48. The molecule has 2 atom stereocenters. The lowest BCUT2D eigenvalue weighted by molar-refractivity contribution is 0.0472. The van der Waals surface area contributed by atoms with E-state index in [0.29, 0.717) is 5.25 Å². The highest BCUT2D eigenvalue weighted by atomic mass is 32.2. The molecule has 0 spiro atoms. The average Bonchev–Trinajstić information content (AvgIpc) is 2.76. The van der Waals surface area contributed by atoms with Crippen LogP contribution in [0.2, 0.25) is 0 Å². The molecule has 2 unspecified atom stereocenters. The van der Waals surface area contributed by atoms with Crippen molar-refractivity contribution in [2.75, 3.05) is 5.75 Å². The molecule has 1 fully saturated rings. The molecule has 0 saturated carbocycles. The van der Waals surface area contributed by atoms with Gasteiger partial charge in [-0.25, -0.2) is 0 Å². The fraction of sp³-hybridized carbons (Fsp3) is 0.667. The number of thiophene rings is 1. The molecule has 0 bridgehead atoms. The van der Waals surface area contributed by atoms with Gasteiger partial charge in [0.1, 0.15) is 0 Å². The minimum absolute atomic E-state index is 0.379. The van der Waals surface area contributed by atoms with Gasteiger partial charge >= 0.3 is 0 Å². The van der Waals surface area contributed by atoms with Gasteiger partial charge < -0.3 is 5.11 Å². The SMILES string of the molecule is CCc1ccc(CC2(O)CCSC2C)s1. The molecule has 1 N–H and O–H groups in total. The summed E-state index contributed by atoms with van der Waals surface area (Å²) in [6.45, 7) is 4.32. The van der Waals surface area contributed by atoms with Gasteiger partial charge in [0.05, 0.1) is 5.60 Å². The molecule has 1 aliphatic rings. The highest BCUT2D eigenvalue weighted by Crippen LogP contribution is 2.38. The third-order valence-corrected chi connectivity index (χ3v) is 5.81. The second-order valence-electron chi connectivity index (χ2n) is 4.26. The van der Waals surface area contributed by atoms with Crippen molar-refractivity contribution < 1.29 is 5.11 Å². The molecule has 1 saturated heterocycles. The van der Waals surface area contributed by atoms with Crippen molar-refractivity contribution in [3.8, 4) is 0 Å². The second-order valence-corrected chi connectivity index (χ2v) is 6.97. The van der Waals surface area contributed by atoms with Gasteiger partial charge in [0.2, 0.25) is 0 Å². The van der Waals surface area contributed by atoms with E-state index in [4.69, 9.17) is 0 Å². The van der Waals surface area contributed by atoms with Crippen molar-refractivity contribution >= 4 is 23.1 Å². The minimum atomic E-state index is -0.458. The molecule has 84 valence electrons. The van der Waals surface area contributed by atoms with Crippen LogP contribution in [0.3, 0.4) is 0 Å². The van der Waals surface area contributed by atoms with Crippen molar-refractivity contribution in [1.82, 2.24) is 0 Å². The molecule has 2 rings (SSSR count). The third-order valence-electron chi connectivity index (χ3n) is 3.21. The van der Waals surface area contributed by atoms with Gasteiger partial charge in [-0.2, -0.15) is 11.8 Å². The van der Waals surface area contributed by atoms with Gasteiger partial charge in [-0.1, -0.05) is 13.8 Å². The summed E-state index contributed by atoms with van der Waals surface area (Å²) < 4.78 is 0. The summed E-state index contributed by atoms with van der Waals surface area (Å²) >= 11 is 3.74. The number of aryl methyl sites for hydroxylation is 1. The zero-order valence-electron chi connectivity index (χ0n) is 9.32. The minimum Gasteiger partial charge on any atom is -0.388 e. The molecular formula is C12H18OS2. The van der Waals surface area contributed by atoms with E-state index in [0.717, 1.165) is 25.0 Å². The van der Waals surface area contributed by atoms with E-state index in [2.05, 4.69) is 26.0 Å². The highest BCUT2D eigenvalue weighted by Gasteiger charge is 2.39. The number of hydrogen-bond acceptors (Lipinski definition) is 3. The normalized spacial score (nSPS) is 31.0. The summed E-state index contributed by atoms with van der Waals surface area (Å²) in [6.07, 6.45) is 2.89. The zero-order valence-corrected chi connectivity index (χ0v) is 11.0. The Balaban J connectivity index is 2.07. The van der Waals surface area contributed by atoms with Crippen LogP contribution >= 0.6 is 23.1 Å². The average molecular weight is 242 g/mol.